The third-order valence-corrected chi connectivity index (χ3v) is 4.89. The summed E-state index contributed by atoms with van der Waals surface area (Å²) < 4.78 is 0. The topological polar surface area (TPSA) is 61.6 Å². The molecule has 3 rings (SSSR count). The third-order valence-electron chi connectivity index (χ3n) is 4.89. The van der Waals surface area contributed by atoms with E-state index in [4.69, 9.17) is 5.73 Å². The van der Waals surface area contributed by atoms with E-state index in [9.17, 15) is 4.79 Å². The number of amides is 1. The van der Waals surface area contributed by atoms with Crippen molar-refractivity contribution in [3.8, 4) is 0 Å². The predicted molar refractivity (Wildman–Crippen MR) is 107 cm³/mol. The van der Waals surface area contributed by atoms with Crippen LogP contribution in [-0.2, 0) is 17.8 Å². The van der Waals surface area contributed by atoms with Crippen molar-refractivity contribution < 1.29 is 4.79 Å². The number of nitrogens with two attached hydrogens (primary N) is 1. The number of piperazine rings is 1. The number of carbonyl (C=O) groups is 1. The summed E-state index contributed by atoms with van der Waals surface area (Å²) in [5, 5.41) is 3.01. The first-order chi connectivity index (χ1) is 12.6. The largest absolute Gasteiger partial charge is 0.399 e. The predicted octanol–water partition coefficient (Wildman–Crippen LogP) is 2.59. The average molecular weight is 352 g/mol. The number of rotatable bonds is 6. The minimum atomic E-state index is 0.0185. The molecule has 138 valence electrons. The van der Waals surface area contributed by atoms with Crippen LogP contribution in [0.15, 0.2) is 48.5 Å². The molecule has 5 heteroatoms. The highest BCUT2D eigenvalue weighted by Gasteiger charge is 2.14. The fourth-order valence-corrected chi connectivity index (χ4v) is 3.25. The van der Waals surface area contributed by atoms with Gasteiger partial charge in [-0.2, -0.15) is 0 Å². The fraction of sp³-hybridized carbons (Fsp3) is 0.381. The van der Waals surface area contributed by atoms with Gasteiger partial charge in [0.05, 0.1) is 0 Å². The van der Waals surface area contributed by atoms with Gasteiger partial charge in [-0.05, 0) is 42.8 Å². The number of nitrogens with zero attached hydrogens (tertiary/aromatic N) is 2. The minimum Gasteiger partial charge on any atom is -0.399 e. The quantitative estimate of drug-likeness (QED) is 0.785. The van der Waals surface area contributed by atoms with E-state index in [0.717, 1.165) is 49.7 Å². The summed E-state index contributed by atoms with van der Waals surface area (Å²) in [6.45, 7) is 5.33. The van der Waals surface area contributed by atoms with Gasteiger partial charge in [-0.25, -0.2) is 0 Å². The monoisotopic (exact) mass is 352 g/mol. The van der Waals surface area contributed by atoms with Gasteiger partial charge in [-0.3, -0.25) is 9.69 Å². The van der Waals surface area contributed by atoms with Gasteiger partial charge < -0.3 is 16.0 Å². The number of para-hydroxylation sites is 1. The van der Waals surface area contributed by atoms with Crippen LogP contribution >= 0.6 is 0 Å². The van der Waals surface area contributed by atoms with Crippen molar-refractivity contribution in [1.82, 2.24) is 9.80 Å². The Kier molecular flexibility index (Phi) is 6.26. The van der Waals surface area contributed by atoms with Gasteiger partial charge in [0.1, 0.15) is 0 Å². The highest BCUT2D eigenvalue weighted by Crippen LogP contribution is 2.16. The fourth-order valence-electron chi connectivity index (χ4n) is 3.25. The van der Waals surface area contributed by atoms with Gasteiger partial charge in [-0.1, -0.05) is 30.3 Å². The molecule has 2 aromatic carbocycles. The maximum Gasteiger partial charge on any atom is 0.224 e. The third kappa shape index (κ3) is 5.31. The SMILES string of the molecule is CN1CCN(Cc2cccc(NC(=O)CCc3ccccc3N)c2)CC1. The number of aryl methyl sites for hydroxylation is 1. The van der Waals surface area contributed by atoms with E-state index in [1.807, 2.05) is 36.4 Å². The number of nitrogens with one attached hydrogen (secondary N) is 1. The second-order valence-corrected chi connectivity index (χ2v) is 7.03. The molecule has 1 amide bonds. The molecule has 0 aliphatic carbocycles. The average Bonchev–Trinajstić information content (AvgIpc) is 2.63. The number of nitrogen functional groups attached to an aromatic ring is 1. The first-order valence-corrected chi connectivity index (χ1v) is 9.23. The van der Waals surface area contributed by atoms with Crippen LogP contribution < -0.4 is 11.1 Å². The molecule has 0 radical (unpaired) electrons. The number of hydrogen-bond acceptors (Lipinski definition) is 4. The van der Waals surface area contributed by atoms with Crippen LogP contribution in [0.5, 0.6) is 0 Å². The summed E-state index contributed by atoms with van der Waals surface area (Å²) in [5.74, 6) is 0.0185. The van der Waals surface area contributed by atoms with E-state index in [1.165, 1.54) is 5.56 Å². The number of anilines is 2. The van der Waals surface area contributed by atoms with Crippen LogP contribution in [0.4, 0.5) is 11.4 Å². The van der Waals surface area contributed by atoms with Crippen molar-refractivity contribution in [2.24, 2.45) is 0 Å². The Morgan fingerprint density at radius 1 is 1.08 bits per heavy atom. The maximum absolute atomic E-state index is 12.3. The Bertz CT molecular complexity index is 738. The van der Waals surface area contributed by atoms with E-state index >= 15 is 0 Å². The van der Waals surface area contributed by atoms with Gasteiger partial charge >= 0.3 is 0 Å². The molecule has 3 N–H and O–H groups in total. The number of hydrogen-bond donors (Lipinski definition) is 2. The van der Waals surface area contributed by atoms with Crippen LogP contribution in [0.3, 0.4) is 0 Å². The number of carbonyl (C=O) groups excluding carboxylic acids is 1. The van der Waals surface area contributed by atoms with Crippen LogP contribution in [0.2, 0.25) is 0 Å². The minimum absolute atomic E-state index is 0.0185. The normalized spacial score (nSPS) is 15.7. The molecule has 1 fully saturated rings. The molecule has 2 aromatic rings. The molecule has 26 heavy (non-hydrogen) atoms. The summed E-state index contributed by atoms with van der Waals surface area (Å²) in [4.78, 5) is 17.1. The molecule has 0 aromatic heterocycles. The van der Waals surface area contributed by atoms with Gasteiger partial charge in [0, 0.05) is 50.5 Å². The molecule has 1 aliphatic rings. The van der Waals surface area contributed by atoms with Crippen LogP contribution in [0.1, 0.15) is 17.5 Å². The standard InChI is InChI=1S/C21H28N4O/c1-24-11-13-25(14-12-24)16-17-5-4-7-19(15-17)23-21(26)10-9-18-6-2-3-8-20(18)22/h2-8,15H,9-14,16,22H2,1H3,(H,23,26). The van der Waals surface area contributed by atoms with E-state index in [-0.39, 0.29) is 5.91 Å². The molecular formula is C21H28N4O. The number of likely N-dealkylation sites (N-methyl/N-ethyl adjacent to an activating group) is 1. The molecule has 0 atom stereocenters. The van der Waals surface area contributed by atoms with Gasteiger partial charge in [0.25, 0.3) is 0 Å². The van der Waals surface area contributed by atoms with Crippen molar-refractivity contribution in [1.29, 1.82) is 0 Å². The van der Waals surface area contributed by atoms with Gasteiger partial charge in [0.15, 0.2) is 0 Å². The van der Waals surface area contributed by atoms with Gasteiger partial charge in [-0.15, -0.1) is 0 Å². The first kappa shape index (κ1) is 18.4. The smallest absolute Gasteiger partial charge is 0.224 e. The second kappa shape index (κ2) is 8.83. The summed E-state index contributed by atoms with van der Waals surface area (Å²) in [6, 6.07) is 15.9. The molecule has 1 saturated heterocycles. The maximum atomic E-state index is 12.3. The lowest BCUT2D eigenvalue weighted by atomic mass is 10.1. The lowest BCUT2D eigenvalue weighted by molar-refractivity contribution is -0.116. The lowest BCUT2D eigenvalue weighted by Gasteiger charge is -2.32. The Labute approximate surface area is 155 Å². The Hall–Kier alpha value is -2.37. The van der Waals surface area contributed by atoms with Crippen molar-refractivity contribution in [3.63, 3.8) is 0 Å². The Morgan fingerprint density at radius 3 is 2.62 bits per heavy atom. The van der Waals surface area contributed by atoms with E-state index in [2.05, 4.69) is 34.3 Å². The molecule has 0 bridgehead atoms. The van der Waals surface area contributed by atoms with E-state index in [1.54, 1.807) is 0 Å². The van der Waals surface area contributed by atoms with Crippen LogP contribution in [0.25, 0.3) is 0 Å². The van der Waals surface area contributed by atoms with Crippen LogP contribution in [-0.4, -0.2) is 48.9 Å². The van der Waals surface area contributed by atoms with E-state index < -0.39 is 0 Å². The molecular weight excluding hydrogens is 324 g/mol. The Balaban J connectivity index is 1.51. The number of benzene rings is 2. The van der Waals surface area contributed by atoms with Gasteiger partial charge in [0.2, 0.25) is 5.91 Å². The van der Waals surface area contributed by atoms with Crippen molar-refractivity contribution >= 4 is 17.3 Å². The highest BCUT2D eigenvalue weighted by molar-refractivity contribution is 5.91. The second-order valence-electron chi connectivity index (χ2n) is 7.03. The summed E-state index contributed by atoms with van der Waals surface area (Å²) in [5.41, 5.74) is 9.80. The molecule has 1 aliphatic heterocycles. The van der Waals surface area contributed by atoms with Crippen molar-refractivity contribution in [2.45, 2.75) is 19.4 Å². The zero-order chi connectivity index (χ0) is 18.4. The molecule has 0 unspecified atom stereocenters. The Morgan fingerprint density at radius 2 is 1.85 bits per heavy atom. The lowest BCUT2D eigenvalue weighted by Crippen LogP contribution is -2.43. The molecule has 1 heterocycles. The van der Waals surface area contributed by atoms with Crippen molar-refractivity contribution in [2.75, 3.05) is 44.3 Å². The van der Waals surface area contributed by atoms with Crippen LogP contribution in [0, 0.1) is 0 Å². The summed E-state index contributed by atoms with van der Waals surface area (Å²) in [6.07, 6.45) is 1.08. The highest BCUT2D eigenvalue weighted by atomic mass is 16.1. The van der Waals surface area contributed by atoms with E-state index in [0.29, 0.717) is 12.8 Å². The zero-order valence-electron chi connectivity index (χ0n) is 15.4. The molecule has 5 nitrogen and oxygen atoms in total. The summed E-state index contributed by atoms with van der Waals surface area (Å²) >= 11 is 0. The van der Waals surface area contributed by atoms with Crippen molar-refractivity contribution in [3.05, 3.63) is 59.7 Å². The first-order valence-electron chi connectivity index (χ1n) is 9.23. The summed E-state index contributed by atoms with van der Waals surface area (Å²) in [7, 11) is 2.16. The zero-order valence-corrected chi connectivity index (χ0v) is 15.4. The molecule has 0 spiro atoms. The molecule has 0 saturated carbocycles.